The molecule has 1 aromatic heterocycles. The molecular weight excluding hydrogens is 348 g/mol. The minimum atomic E-state index is -0.535. The number of nitrogens with zero attached hydrogens (tertiary/aromatic N) is 2. The smallest absolute Gasteiger partial charge is 0.420 e. The van der Waals surface area contributed by atoms with E-state index in [1.807, 2.05) is 19.1 Å². The summed E-state index contributed by atoms with van der Waals surface area (Å²) in [6.45, 7) is 2.74. The first kappa shape index (κ1) is 18.6. The van der Waals surface area contributed by atoms with Gasteiger partial charge in [-0.15, -0.1) is 0 Å². The Bertz CT molecular complexity index is 1010. The van der Waals surface area contributed by atoms with Crippen molar-refractivity contribution < 1.29 is 18.7 Å². The number of benzene rings is 2. The van der Waals surface area contributed by atoms with Gasteiger partial charge in [0.05, 0.1) is 19.7 Å². The molecule has 0 N–H and O–H groups in total. The van der Waals surface area contributed by atoms with Crippen LogP contribution in [0, 0.1) is 0 Å². The molecule has 0 unspecified atom stereocenters. The van der Waals surface area contributed by atoms with Crippen molar-refractivity contribution in [1.29, 1.82) is 0 Å². The van der Waals surface area contributed by atoms with Crippen molar-refractivity contribution in [3.8, 4) is 11.5 Å². The minimum absolute atomic E-state index is 0.0724. The molecule has 1 amide bonds. The number of ether oxygens (including phenoxy) is 2. The molecule has 0 bridgehead atoms. The zero-order chi connectivity index (χ0) is 19.4. The van der Waals surface area contributed by atoms with E-state index >= 15 is 0 Å². The Balaban J connectivity index is 1.80. The molecule has 3 aromatic rings. The fourth-order valence-electron chi connectivity index (χ4n) is 2.97. The van der Waals surface area contributed by atoms with E-state index in [1.54, 1.807) is 49.5 Å². The number of amides is 1. The predicted molar refractivity (Wildman–Crippen MR) is 101 cm³/mol. The normalized spacial score (nSPS) is 10.8. The topological polar surface area (TPSA) is 73.9 Å². The van der Waals surface area contributed by atoms with Crippen LogP contribution in [0.5, 0.6) is 11.5 Å². The van der Waals surface area contributed by atoms with Crippen molar-refractivity contribution in [1.82, 2.24) is 9.47 Å². The van der Waals surface area contributed by atoms with Gasteiger partial charge in [0, 0.05) is 13.1 Å². The lowest BCUT2D eigenvalue weighted by molar-refractivity contribution is -0.132. The van der Waals surface area contributed by atoms with Crippen molar-refractivity contribution in [2.45, 2.75) is 20.0 Å². The van der Waals surface area contributed by atoms with E-state index in [0.29, 0.717) is 35.7 Å². The van der Waals surface area contributed by atoms with Gasteiger partial charge in [-0.1, -0.05) is 18.2 Å². The number of carbonyl (C=O) groups excluding carboxylic acids is 1. The summed E-state index contributed by atoms with van der Waals surface area (Å²) in [6, 6.07) is 12.6. The van der Waals surface area contributed by atoms with Crippen molar-refractivity contribution in [2.24, 2.45) is 0 Å². The molecule has 3 rings (SSSR count). The van der Waals surface area contributed by atoms with Crippen LogP contribution in [0.2, 0.25) is 0 Å². The van der Waals surface area contributed by atoms with Gasteiger partial charge in [-0.05, 0) is 36.8 Å². The molecule has 1 heterocycles. The van der Waals surface area contributed by atoms with E-state index in [9.17, 15) is 9.59 Å². The zero-order valence-electron chi connectivity index (χ0n) is 15.6. The van der Waals surface area contributed by atoms with Crippen molar-refractivity contribution in [2.75, 3.05) is 20.8 Å². The highest BCUT2D eigenvalue weighted by molar-refractivity contribution is 5.79. The molecule has 7 heteroatoms. The van der Waals surface area contributed by atoms with Crippen LogP contribution < -0.4 is 15.2 Å². The van der Waals surface area contributed by atoms with E-state index in [1.165, 1.54) is 4.57 Å². The molecular formula is C20H22N2O5. The average molecular weight is 370 g/mol. The summed E-state index contributed by atoms with van der Waals surface area (Å²) in [5.74, 6) is 0.537. The van der Waals surface area contributed by atoms with Crippen LogP contribution in [0.25, 0.3) is 11.1 Å². The lowest BCUT2D eigenvalue weighted by Crippen LogP contribution is -2.35. The minimum Gasteiger partial charge on any atom is -0.493 e. The van der Waals surface area contributed by atoms with Gasteiger partial charge in [-0.2, -0.15) is 0 Å². The first-order chi connectivity index (χ1) is 13.1. The summed E-state index contributed by atoms with van der Waals surface area (Å²) in [5, 5.41) is 0. The summed E-state index contributed by atoms with van der Waals surface area (Å²) in [7, 11) is 3.15. The fourth-order valence-corrected chi connectivity index (χ4v) is 2.97. The highest BCUT2D eigenvalue weighted by Crippen LogP contribution is 2.28. The first-order valence-corrected chi connectivity index (χ1v) is 8.64. The molecule has 0 fully saturated rings. The van der Waals surface area contributed by atoms with Gasteiger partial charge in [0.15, 0.2) is 17.1 Å². The fraction of sp³-hybridized carbons (Fsp3) is 0.300. The molecule has 0 aliphatic carbocycles. The lowest BCUT2D eigenvalue weighted by atomic mass is 10.2. The summed E-state index contributed by atoms with van der Waals surface area (Å²) < 4.78 is 17.1. The summed E-state index contributed by atoms with van der Waals surface area (Å²) in [4.78, 5) is 26.6. The highest BCUT2D eigenvalue weighted by atomic mass is 16.5. The summed E-state index contributed by atoms with van der Waals surface area (Å²) in [5.41, 5.74) is 1.99. The molecule has 0 aliphatic heterocycles. The van der Waals surface area contributed by atoms with Crippen LogP contribution in [0.15, 0.2) is 51.7 Å². The van der Waals surface area contributed by atoms with Gasteiger partial charge in [0.25, 0.3) is 0 Å². The molecule has 0 saturated heterocycles. The number of fused-ring (bicyclic) bond motifs is 1. The number of carbonyl (C=O) groups is 1. The van der Waals surface area contributed by atoms with E-state index in [2.05, 4.69) is 0 Å². The van der Waals surface area contributed by atoms with Gasteiger partial charge in [0.1, 0.15) is 6.54 Å². The van der Waals surface area contributed by atoms with E-state index in [-0.39, 0.29) is 12.5 Å². The van der Waals surface area contributed by atoms with Crippen LogP contribution in [-0.4, -0.2) is 36.1 Å². The van der Waals surface area contributed by atoms with Gasteiger partial charge in [-0.25, -0.2) is 4.79 Å². The predicted octanol–water partition coefficient (Wildman–Crippen LogP) is 2.66. The van der Waals surface area contributed by atoms with Crippen LogP contribution in [0.4, 0.5) is 0 Å². The highest BCUT2D eigenvalue weighted by Gasteiger charge is 2.18. The Morgan fingerprint density at radius 2 is 1.85 bits per heavy atom. The van der Waals surface area contributed by atoms with Crippen LogP contribution >= 0.6 is 0 Å². The lowest BCUT2D eigenvalue weighted by Gasteiger charge is -2.21. The molecule has 7 nitrogen and oxygen atoms in total. The molecule has 0 radical (unpaired) electrons. The molecule has 2 aromatic carbocycles. The molecule has 0 saturated carbocycles. The molecule has 0 spiro atoms. The summed E-state index contributed by atoms with van der Waals surface area (Å²) in [6.07, 6.45) is 0. The van der Waals surface area contributed by atoms with E-state index < -0.39 is 5.76 Å². The van der Waals surface area contributed by atoms with Crippen LogP contribution in [0.1, 0.15) is 12.5 Å². The van der Waals surface area contributed by atoms with Gasteiger partial charge >= 0.3 is 5.76 Å². The number of oxazole rings is 1. The Hall–Kier alpha value is -3.22. The maximum absolute atomic E-state index is 12.8. The molecule has 0 aliphatic rings. The molecule has 27 heavy (non-hydrogen) atoms. The van der Waals surface area contributed by atoms with Crippen LogP contribution in [0.3, 0.4) is 0 Å². The number of likely N-dealkylation sites (N-methyl/N-ethyl adjacent to an activating group) is 1. The quantitative estimate of drug-likeness (QED) is 0.639. The number of methoxy groups -OCH3 is 2. The second kappa shape index (κ2) is 7.99. The van der Waals surface area contributed by atoms with E-state index in [4.69, 9.17) is 13.9 Å². The Morgan fingerprint density at radius 3 is 2.56 bits per heavy atom. The number of rotatable bonds is 7. The monoisotopic (exact) mass is 370 g/mol. The Labute approximate surface area is 156 Å². The van der Waals surface area contributed by atoms with Gasteiger partial charge in [-0.3, -0.25) is 9.36 Å². The maximum Gasteiger partial charge on any atom is 0.420 e. The molecule has 0 atom stereocenters. The Morgan fingerprint density at radius 1 is 1.11 bits per heavy atom. The largest absolute Gasteiger partial charge is 0.493 e. The van der Waals surface area contributed by atoms with Gasteiger partial charge < -0.3 is 18.8 Å². The maximum atomic E-state index is 12.8. The number of aromatic nitrogens is 1. The molecule has 142 valence electrons. The van der Waals surface area contributed by atoms with Crippen LogP contribution in [-0.2, 0) is 17.9 Å². The van der Waals surface area contributed by atoms with E-state index in [0.717, 1.165) is 5.56 Å². The number of hydrogen-bond acceptors (Lipinski definition) is 5. The third-order valence-electron chi connectivity index (χ3n) is 4.42. The zero-order valence-corrected chi connectivity index (χ0v) is 15.6. The second-order valence-electron chi connectivity index (χ2n) is 6.02. The Kier molecular flexibility index (Phi) is 5.49. The standard InChI is InChI=1S/C20H22N2O5/c1-4-21(12-14-9-10-17(25-2)18(11-14)26-3)19(23)13-22-15-7-5-6-8-16(15)27-20(22)24/h5-11H,4,12-13H2,1-3H3. The summed E-state index contributed by atoms with van der Waals surface area (Å²) >= 11 is 0. The average Bonchev–Trinajstić information content (AvgIpc) is 3.01. The van der Waals surface area contributed by atoms with Crippen molar-refractivity contribution in [3.63, 3.8) is 0 Å². The number of hydrogen-bond donors (Lipinski definition) is 0. The third-order valence-corrected chi connectivity index (χ3v) is 4.42. The van der Waals surface area contributed by atoms with Crippen molar-refractivity contribution in [3.05, 3.63) is 58.6 Å². The SMILES string of the molecule is CCN(Cc1ccc(OC)c(OC)c1)C(=O)Cn1c(=O)oc2ccccc21. The number of para-hydroxylation sites is 2. The second-order valence-corrected chi connectivity index (χ2v) is 6.02. The first-order valence-electron chi connectivity index (χ1n) is 8.64. The third kappa shape index (κ3) is 3.81. The van der Waals surface area contributed by atoms with Crippen molar-refractivity contribution >= 4 is 17.0 Å². The van der Waals surface area contributed by atoms with Gasteiger partial charge in [0.2, 0.25) is 5.91 Å².